The van der Waals surface area contributed by atoms with E-state index < -0.39 is 11.6 Å². The Labute approximate surface area is 114 Å². The van der Waals surface area contributed by atoms with Gasteiger partial charge in [0.05, 0.1) is 5.69 Å². The zero-order valence-corrected chi connectivity index (χ0v) is 11.2. The summed E-state index contributed by atoms with van der Waals surface area (Å²) in [5.74, 6) is -0.0127. The molecule has 0 radical (unpaired) electrons. The average molecular weight is 286 g/mol. The second-order valence-electron chi connectivity index (χ2n) is 4.63. The minimum atomic E-state index is -1.10. The average Bonchev–Trinajstić information content (AvgIpc) is 2.40. The Morgan fingerprint density at radius 1 is 1.37 bits per heavy atom. The Morgan fingerprint density at radius 2 is 2.05 bits per heavy atom. The molecule has 0 atom stereocenters. The summed E-state index contributed by atoms with van der Waals surface area (Å²) in [6, 6.07) is 2.18. The summed E-state index contributed by atoms with van der Waals surface area (Å²) in [6.07, 6.45) is 2.30. The molecule has 1 saturated heterocycles. The fourth-order valence-electron chi connectivity index (χ4n) is 2.10. The molecule has 0 spiro atoms. The van der Waals surface area contributed by atoms with E-state index in [1.54, 1.807) is 0 Å². The summed E-state index contributed by atoms with van der Waals surface area (Å²) >= 11 is 1.88. The summed E-state index contributed by atoms with van der Waals surface area (Å²) in [6.45, 7) is 0. The van der Waals surface area contributed by atoms with Crippen LogP contribution in [0.25, 0.3) is 0 Å². The topological polar surface area (TPSA) is 55.1 Å². The number of hydrogen-bond donors (Lipinski definition) is 2. The van der Waals surface area contributed by atoms with Crippen LogP contribution in [-0.2, 0) is 4.79 Å². The van der Waals surface area contributed by atoms with Gasteiger partial charge in [-0.3, -0.25) is 4.79 Å². The predicted octanol–water partition coefficient (Wildman–Crippen LogP) is 3.02. The Bertz CT molecular complexity index is 476. The van der Waals surface area contributed by atoms with Crippen molar-refractivity contribution < 1.29 is 13.6 Å². The highest BCUT2D eigenvalue weighted by Crippen LogP contribution is 2.28. The van der Waals surface area contributed by atoms with Gasteiger partial charge in [-0.25, -0.2) is 8.78 Å². The summed E-state index contributed by atoms with van der Waals surface area (Å²) in [4.78, 5) is 11.8. The molecule has 0 bridgehead atoms. The molecule has 19 heavy (non-hydrogen) atoms. The number of nitrogens with two attached hydrogens (primary N) is 1. The first-order chi connectivity index (χ1) is 9.08. The van der Waals surface area contributed by atoms with Gasteiger partial charge in [-0.1, -0.05) is 0 Å². The molecule has 0 aliphatic carbocycles. The number of thioether (sulfide) groups is 1. The third kappa shape index (κ3) is 3.59. The van der Waals surface area contributed by atoms with Crippen molar-refractivity contribution in [1.29, 1.82) is 0 Å². The van der Waals surface area contributed by atoms with Crippen molar-refractivity contribution >= 4 is 29.0 Å². The van der Waals surface area contributed by atoms with Gasteiger partial charge < -0.3 is 11.1 Å². The molecule has 6 heteroatoms. The van der Waals surface area contributed by atoms with Gasteiger partial charge in [0.15, 0.2) is 11.6 Å². The van der Waals surface area contributed by atoms with Gasteiger partial charge in [0.1, 0.15) is 5.69 Å². The standard InChI is InChI=1S/C13H16F2N2OS/c14-9-1-2-10(16)13(12(9)15)17-11(18)7-8-3-5-19-6-4-8/h1-2,8H,3-7,16H2,(H,17,18). The van der Waals surface area contributed by atoms with Gasteiger partial charge in [0.25, 0.3) is 0 Å². The first kappa shape index (κ1) is 14.1. The monoisotopic (exact) mass is 286 g/mol. The van der Waals surface area contributed by atoms with Crippen molar-refractivity contribution in [3.63, 3.8) is 0 Å². The fraction of sp³-hybridized carbons (Fsp3) is 0.462. The number of anilines is 2. The van der Waals surface area contributed by atoms with Crippen LogP contribution in [0, 0.1) is 17.6 Å². The van der Waals surface area contributed by atoms with E-state index in [2.05, 4.69) is 5.32 Å². The van der Waals surface area contributed by atoms with Gasteiger partial charge in [-0.2, -0.15) is 11.8 Å². The molecule has 3 N–H and O–H groups in total. The third-order valence-electron chi connectivity index (χ3n) is 3.21. The van der Waals surface area contributed by atoms with E-state index in [1.807, 2.05) is 11.8 Å². The molecule has 0 saturated carbocycles. The quantitative estimate of drug-likeness (QED) is 0.840. The lowest BCUT2D eigenvalue weighted by atomic mass is 9.98. The second kappa shape index (κ2) is 6.23. The van der Waals surface area contributed by atoms with Crippen LogP contribution in [0.3, 0.4) is 0 Å². The number of benzene rings is 1. The molecule has 2 rings (SSSR count). The smallest absolute Gasteiger partial charge is 0.224 e. The number of carbonyl (C=O) groups excluding carboxylic acids is 1. The third-order valence-corrected chi connectivity index (χ3v) is 4.26. The van der Waals surface area contributed by atoms with Crippen molar-refractivity contribution in [2.45, 2.75) is 19.3 Å². The summed E-state index contributed by atoms with van der Waals surface area (Å²) < 4.78 is 26.6. The highest BCUT2D eigenvalue weighted by molar-refractivity contribution is 7.99. The molecule has 1 aliphatic rings. The highest BCUT2D eigenvalue weighted by atomic mass is 32.2. The van der Waals surface area contributed by atoms with Gasteiger partial charge in [-0.05, 0) is 42.4 Å². The molecule has 104 valence electrons. The first-order valence-electron chi connectivity index (χ1n) is 6.19. The Hall–Kier alpha value is -1.30. The van der Waals surface area contributed by atoms with Gasteiger partial charge in [0.2, 0.25) is 5.91 Å². The summed E-state index contributed by atoms with van der Waals surface area (Å²) in [5.41, 5.74) is 5.33. The van der Waals surface area contributed by atoms with Crippen molar-refractivity contribution in [2.24, 2.45) is 5.92 Å². The Morgan fingerprint density at radius 3 is 2.74 bits per heavy atom. The van der Waals surface area contributed by atoms with E-state index in [4.69, 9.17) is 5.73 Å². The molecule has 1 aliphatic heterocycles. The number of nitrogens with one attached hydrogen (secondary N) is 1. The van der Waals surface area contributed by atoms with Crippen molar-refractivity contribution in [2.75, 3.05) is 22.6 Å². The number of amides is 1. The van der Waals surface area contributed by atoms with E-state index in [0.717, 1.165) is 30.4 Å². The maximum atomic E-state index is 13.5. The van der Waals surface area contributed by atoms with Gasteiger partial charge in [0, 0.05) is 6.42 Å². The molecule has 1 aromatic carbocycles. The van der Waals surface area contributed by atoms with E-state index in [0.29, 0.717) is 12.3 Å². The van der Waals surface area contributed by atoms with Crippen LogP contribution in [0.1, 0.15) is 19.3 Å². The zero-order valence-electron chi connectivity index (χ0n) is 10.4. The maximum absolute atomic E-state index is 13.5. The van der Waals surface area contributed by atoms with Crippen LogP contribution in [0.15, 0.2) is 12.1 Å². The van der Waals surface area contributed by atoms with Crippen LogP contribution in [-0.4, -0.2) is 17.4 Å². The van der Waals surface area contributed by atoms with Gasteiger partial charge >= 0.3 is 0 Å². The number of carbonyl (C=O) groups is 1. The maximum Gasteiger partial charge on any atom is 0.224 e. The molecule has 1 fully saturated rings. The van der Waals surface area contributed by atoms with Crippen molar-refractivity contribution in [3.8, 4) is 0 Å². The predicted molar refractivity (Wildman–Crippen MR) is 74.1 cm³/mol. The van der Waals surface area contributed by atoms with Crippen LogP contribution in [0.4, 0.5) is 20.2 Å². The van der Waals surface area contributed by atoms with Crippen molar-refractivity contribution in [1.82, 2.24) is 0 Å². The molecule has 1 heterocycles. The van der Waals surface area contributed by atoms with E-state index in [1.165, 1.54) is 6.07 Å². The normalized spacial score (nSPS) is 16.3. The van der Waals surface area contributed by atoms with E-state index >= 15 is 0 Å². The number of hydrogen-bond acceptors (Lipinski definition) is 3. The van der Waals surface area contributed by atoms with Crippen LogP contribution in [0.5, 0.6) is 0 Å². The summed E-state index contributed by atoms with van der Waals surface area (Å²) in [7, 11) is 0. The largest absolute Gasteiger partial charge is 0.397 e. The van der Waals surface area contributed by atoms with E-state index in [9.17, 15) is 13.6 Å². The molecule has 0 unspecified atom stereocenters. The summed E-state index contributed by atoms with van der Waals surface area (Å²) in [5, 5.41) is 2.38. The SMILES string of the molecule is Nc1ccc(F)c(F)c1NC(=O)CC1CCSCC1. The lowest BCUT2D eigenvalue weighted by Gasteiger charge is -2.20. The molecule has 0 aromatic heterocycles. The molecule has 3 nitrogen and oxygen atoms in total. The zero-order chi connectivity index (χ0) is 13.8. The van der Waals surface area contributed by atoms with Crippen molar-refractivity contribution in [3.05, 3.63) is 23.8 Å². The van der Waals surface area contributed by atoms with E-state index in [-0.39, 0.29) is 17.3 Å². The molecule has 1 aromatic rings. The van der Waals surface area contributed by atoms with Crippen LogP contribution < -0.4 is 11.1 Å². The fourth-order valence-corrected chi connectivity index (χ4v) is 3.30. The first-order valence-corrected chi connectivity index (χ1v) is 7.34. The lowest BCUT2D eigenvalue weighted by Crippen LogP contribution is -2.21. The lowest BCUT2D eigenvalue weighted by molar-refractivity contribution is -0.117. The van der Waals surface area contributed by atoms with Crippen LogP contribution >= 0.6 is 11.8 Å². The van der Waals surface area contributed by atoms with Crippen LogP contribution in [0.2, 0.25) is 0 Å². The Kier molecular flexibility index (Phi) is 4.63. The molecule has 1 amide bonds. The van der Waals surface area contributed by atoms with Gasteiger partial charge in [-0.15, -0.1) is 0 Å². The number of halogens is 2. The molecular formula is C13H16F2N2OS. The minimum absolute atomic E-state index is 0.0337. The minimum Gasteiger partial charge on any atom is -0.397 e. The molecular weight excluding hydrogens is 270 g/mol. The Balaban J connectivity index is 2.00. The second-order valence-corrected chi connectivity index (χ2v) is 5.86. The highest BCUT2D eigenvalue weighted by Gasteiger charge is 2.19. The number of nitrogen functional groups attached to an aromatic ring is 1. The number of rotatable bonds is 3.